The molecule has 0 radical (unpaired) electrons. The molecule has 8 rings (SSSR count). The summed E-state index contributed by atoms with van der Waals surface area (Å²) in [6.45, 7) is 18.6. The third kappa shape index (κ3) is 12.3. The van der Waals surface area contributed by atoms with Crippen LogP contribution < -0.4 is 24.8 Å². The van der Waals surface area contributed by atoms with Crippen molar-refractivity contribution in [1.29, 1.82) is 0 Å². The van der Waals surface area contributed by atoms with Crippen molar-refractivity contribution in [1.82, 2.24) is 0 Å². The summed E-state index contributed by atoms with van der Waals surface area (Å²) in [4.78, 5) is 0. The predicted octanol–water partition coefficient (Wildman–Crippen LogP) is 8.72. The fourth-order valence-corrected chi connectivity index (χ4v) is 9.08. The third-order valence-electron chi connectivity index (χ3n) is 11.1. The maximum absolute atomic E-state index is 3.98. The van der Waals surface area contributed by atoms with Crippen LogP contribution in [-0.4, -0.2) is 3.21 Å². The number of hydrogen-bond donors (Lipinski definition) is 0. The number of rotatable bonds is 8. The van der Waals surface area contributed by atoms with Crippen LogP contribution >= 0.6 is 0 Å². The maximum Gasteiger partial charge on any atom is -0.172 e. The molecule has 308 valence electrons. The van der Waals surface area contributed by atoms with Crippen molar-refractivity contribution in [3.63, 3.8) is 0 Å². The Morgan fingerprint density at radius 2 is 1.00 bits per heavy atom. The van der Waals surface area contributed by atoms with Gasteiger partial charge in [-0.15, -0.1) is 28.8 Å². The molecule has 1 aliphatic carbocycles. The molecule has 0 amide bonds. The molecule has 0 aromatic heterocycles. The van der Waals surface area contributed by atoms with Crippen LogP contribution in [0.4, 0.5) is 0 Å². The Bertz CT molecular complexity index is 2240. The van der Waals surface area contributed by atoms with Crippen LogP contribution in [0.2, 0.25) is 0 Å². The third-order valence-corrected chi connectivity index (χ3v) is 12.0. The SMILES string of the molecule is CCc1ccccc1-c1[c-]c2c(cc1C(C)(C)C)-c1cc(C(C)(C)C)c(-c3ccccc3CC)cc1C2.[Cl-].[Cl-].[Zr+2]=[C](Cc1ccccc1)Cc1ccccc1.c1cc[cH-]c1. The molecule has 0 saturated heterocycles. The first kappa shape index (κ1) is 48.7. The van der Waals surface area contributed by atoms with Crippen LogP contribution in [0.25, 0.3) is 33.4 Å². The summed E-state index contributed by atoms with van der Waals surface area (Å²) in [5.74, 6) is 0. The van der Waals surface area contributed by atoms with Gasteiger partial charge in [0.15, 0.2) is 0 Å². The topological polar surface area (TPSA) is 0 Å². The van der Waals surface area contributed by atoms with Crippen LogP contribution in [0.5, 0.6) is 0 Å². The van der Waals surface area contributed by atoms with E-state index in [1.165, 1.54) is 77.9 Å². The molecule has 0 aliphatic heterocycles. The second-order valence-electron chi connectivity index (χ2n) is 17.6. The van der Waals surface area contributed by atoms with E-state index in [-0.39, 0.29) is 35.6 Å². The van der Waals surface area contributed by atoms with Crippen LogP contribution in [0.15, 0.2) is 158 Å². The van der Waals surface area contributed by atoms with E-state index in [2.05, 4.69) is 189 Å². The zero-order valence-corrected chi connectivity index (χ0v) is 40.8. The fraction of sp³-hybridized carbons (Fsp3) is 0.263. The molecular weight excluding hydrogens is 847 g/mol. The van der Waals surface area contributed by atoms with Crippen LogP contribution in [-0.2, 0) is 67.2 Å². The monoisotopic (exact) mass is 904 g/mol. The molecular formula is C57H60Cl2Zr-2. The molecule has 0 saturated carbocycles. The van der Waals surface area contributed by atoms with Gasteiger partial charge in [-0.3, -0.25) is 0 Å². The average Bonchev–Trinajstić information content (AvgIpc) is 3.92. The predicted molar refractivity (Wildman–Crippen MR) is 248 cm³/mol. The smallest absolute Gasteiger partial charge is 0.172 e. The van der Waals surface area contributed by atoms with E-state index in [1.807, 2.05) is 30.3 Å². The van der Waals surface area contributed by atoms with Gasteiger partial charge in [0.25, 0.3) is 0 Å². The van der Waals surface area contributed by atoms with Gasteiger partial charge in [-0.25, -0.2) is 12.1 Å². The quantitative estimate of drug-likeness (QED) is 0.134. The van der Waals surface area contributed by atoms with Crippen LogP contribution in [0, 0.1) is 6.07 Å². The first-order valence-electron chi connectivity index (χ1n) is 21.1. The van der Waals surface area contributed by atoms with Gasteiger partial charge < -0.3 is 24.8 Å². The Morgan fingerprint density at radius 3 is 1.48 bits per heavy atom. The van der Waals surface area contributed by atoms with E-state index < -0.39 is 0 Å². The Morgan fingerprint density at radius 1 is 0.533 bits per heavy atom. The van der Waals surface area contributed by atoms with Crippen molar-refractivity contribution in [3.05, 3.63) is 208 Å². The molecule has 0 bridgehead atoms. The van der Waals surface area contributed by atoms with Gasteiger partial charge in [-0.05, 0) is 57.9 Å². The van der Waals surface area contributed by atoms with E-state index in [4.69, 9.17) is 0 Å². The molecule has 0 N–H and O–H groups in total. The summed E-state index contributed by atoms with van der Waals surface area (Å²) >= 11 is 1.55. The minimum atomic E-state index is 0. The molecule has 0 atom stereocenters. The summed E-state index contributed by atoms with van der Waals surface area (Å²) in [7, 11) is 0. The standard InChI is InChI=1S/C37H41.C15H14.C5H5.2ClH.Zr/c1-9-24-15-11-13-17-28(24)32-20-26-19-27-21-33(29-18-14-12-16-25(29)10-2)35(37(6,7)8)23-31(27)30(26)22-34(32)36(3,4)5;1-3-8-14(9-4-1)12-7-13-15-10-5-2-6-11-15;1-2-4-5-3-1;;;/h11-18,20,22-23H,9-10,19H2,1-8H3;1-6,8-11H,12-13H2;1-5H;2*1H;/q-1;;-1;;;+2/p-2. The van der Waals surface area contributed by atoms with Crippen molar-refractivity contribution in [2.24, 2.45) is 0 Å². The number of hydrogen-bond acceptors (Lipinski definition) is 0. The molecule has 60 heavy (non-hydrogen) atoms. The van der Waals surface area contributed by atoms with E-state index >= 15 is 0 Å². The summed E-state index contributed by atoms with van der Waals surface area (Å²) in [5, 5.41) is 0. The zero-order chi connectivity index (χ0) is 41.3. The van der Waals surface area contributed by atoms with Crippen molar-refractivity contribution >= 4 is 3.21 Å². The van der Waals surface area contributed by atoms with Crippen LogP contribution in [0.1, 0.15) is 99.9 Å². The number of benzene rings is 6. The summed E-state index contributed by atoms with van der Waals surface area (Å²) < 4.78 is 1.60. The number of fused-ring (bicyclic) bond motifs is 3. The van der Waals surface area contributed by atoms with E-state index in [1.54, 1.807) is 27.4 Å². The largest absolute Gasteiger partial charge is 0.214 e. The van der Waals surface area contributed by atoms with Gasteiger partial charge in [-0.1, -0.05) is 138 Å². The molecule has 0 unspecified atom stereocenters. The molecule has 0 spiro atoms. The molecule has 0 fully saturated rings. The second kappa shape index (κ2) is 22.2. The minimum absolute atomic E-state index is 0. The number of aryl methyl sites for hydroxylation is 2. The number of halogens is 2. The van der Waals surface area contributed by atoms with Crippen molar-refractivity contribution in [3.8, 4) is 33.4 Å². The molecule has 1 aliphatic rings. The normalized spacial score (nSPS) is 11.4. The molecule has 0 nitrogen and oxygen atoms in total. The van der Waals surface area contributed by atoms with Gasteiger partial charge in [0.05, 0.1) is 0 Å². The van der Waals surface area contributed by atoms with Crippen LogP contribution in [0.3, 0.4) is 0 Å². The Kier molecular flexibility index (Phi) is 18.0. The van der Waals surface area contributed by atoms with Gasteiger partial charge in [-0.2, -0.15) is 18.2 Å². The summed E-state index contributed by atoms with van der Waals surface area (Å²) in [6.07, 6.45) is 5.25. The van der Waals surface area contributed by atoms with Crippen molar-refractivity contribution < 1.29 is 49.0 Å². The van der Waals surface area contributed by atoms with Gasteiger partial charge in [0, 0.05) is 0 Å². The van der Waals surface area contributed by atoms with Gasteiger partial charge in [0.1, 0.15) is 0 Å². The average molecular weight is 907 g/mol. The summed E-state index contributed by atoms with van der Waals surface area (Å²) in [6, 6.07) is 60.7. The molecule has 7 aromatic rings. The maximum atomic E-state index is 3.98. The van der Waals surface area contributed by atoms with Crippen molar-refractivity contribution in [2.45, 2.75) is 98.3 Å². The summed E-state index contributed by atoms with van der Waals surface area (Å²) in [5.41, 5.74) is 19.5. The molecule has 0 heterocycles. The van der Waals surface area contributed by atoms with Gasteiger partial charge >= 0.3 is 112 Å². The fourth-order valence-electron chi connectivity index (χ4n) is 8.08. The minimum Gasteiger partial charge on any atom is -0.214 e. The first-order chi connectivity index (χ1) is 27.9. The Labute approximate surface area is 389 Å². The Balaban J connectivity index is 0.000000285. The van der Waals surface area contributed by atoms with E-state index in [9.17, 15) is 0 Å². The van der Waals surface area contributed by atoms with Crippen molar-refractivity contribution in [2.75, 3.05) is 0 Å². The van der Waals surface area contributed by atoms with Gasteiger partial charge in [0.2, 0.25) is 0 Å². The zero-order valence-electron chi connectivity index (χ0n) is 36.8. The molecule has 3 heteroatoms. The van der Waals surface area contributed by atoms with E-state index in [0.717, 1.165) is 32.1 Å². The second-order valence-corrected chi connectivity index (χ2v) is 19.3. The van der Waals surface area contributed by atoms with E-state index in [0.29, 0.717) is 0 Å². The Hall–Kier alpha value is -4.00. The molecule has 7 aromatic carbocycles. The first-order valence-corrected chi connectivity index (χ1v) is 22.3.